The van der Waals surface area contributed by atoms with Gasteiger partial charge in [0, 0.05) is 29.8 Å². The Hall–Kier alpha value is -2.03. The molecule has 0 spiro atoms. The summed E-state index contributed by atoms with van der Waals surface area (Å²) in [6.45, 7) is 5.69. The molecule has 3 aromatic rings. The third-order valence-corrected chi connectivity index (χ3v) is 8.79. The van der Waals surface area contributed by atoms with Crippen molar-refractivity contribution in [3.8, 4) is 11.5 Å². The molecule has 5 heteroatoms. The van der Waals surface area contributed by atoms with Crippen molar-refractivity contribution in [3.63, 3.8) is 0 Å². The van der Waals surface area contributed by atoms with Gasteiger partial charge in [0.1, 0.15) is 0 Å². The molecule has 0 saturated carbocycles. The van der Waals surface area contributed by atoms with Crippen molar-refractivity contribution in [3.05, 3.63) is 76.8 Å². The zero-order valence-electron chi connectivity index (χ0n) is 15.4. The van der Waals surface area contributed by atoms with Crippen molar-refractivity contribution in [2.75, 3.05) is 0 Å². The van der Waals surface area contributed by atoms with E-state index in [0.717, 1.165) is 21.5 Å². The number of hydrogen-bond acceptors (Lipinski definition) is 3. The molecule has 0 unspecified atom stereocenters. The molecule has 0 aliphatic carbocycles. The van der Waals surface area contributed by atoms with Crippen LogP contribution in [0.15, 0.2) is 71.2 Å². The first-order valence-electron chi connectivity index (χ1n) is 8.76. The minimum absolute atomic E-state index is 0.613. The summed E-state index contributed by atoms with van der Waals surface area (Å²) in [5, 5.41) is 2.29. The zero-order chi connectivity index (χ0) is 19.2. The number of rotatable bonds is 3. The highest BCUT2D eigenvalue weighted by Gasteiger charge is 2.40. The lowest BCUT2D eigenvalue weighted by Gasteiger charge is -2.22. The molecule has 1 aliphatic rings. The Morgan fingerprint density at radius 3 is 1.85 bits per heavy atom. The summed E-state index contributed by atoms with van der Waals surface area (Å²) in [5.74, 6) is 0.558. The first-order valence-corrected chi connectivity index (χ1v) is 11.3. The molecular formula is C22H20BrO3P. The van der Waals surface area contributed by atoms with Gasteiger partial charge >= 0.3 is 0 Å². The van der Waals surface area contributed by atoms with E-state index in [1.54, 1.807) is 0 Å². The van der Waals surface area contributed by atoms with Crippen LogP contribution in [0.3, 0.4) is 0 Å². The Bertz CT molecular complexity index is 1000. The molecule has 1 aliphatic heterocycles. The van der Waals surface area contributed by atoms with E-state index in [9.17, 15) is 4.57 Å². The van der Waals surface area contributed by atoms with E-state index in [-0.39, 0.29) is 0 Å². The minimum atomic E-state index is -3.10. The van der Waals surface area contributed by atoms with Crippen LogP contribution in [0.2, 0.25) is 0 Å². The van der Waals surface area contributed by atoms with Gasteiger partial charge in [0.25, 0.3) is 0 Å². The van der Waals surface area contributed by atoms with Crippen LogP contribution in [0.5, 0.6) is 11.5 Å². The molecule has 1 heterocycles. The predicted molar refractivity (Wildman–Crippen MR) is 114 cm³/mol. The number of benzene rings is 3. The van der Waals surface area contributed by atoms with Crippen molar-refractivity contribution in [1.29, 1.82) is 0 Å². The molecule has 3 aromatic carbocycles. The van der Waals surface area contributed by atoms with Crippen LogP contribution >= 0.6 is 23.1 Å². The van der Waals surface area contributed by atoms with Crippen molar-refractivity contribution in [2.45, 2.75) is 26.6 Å². The van der Waals surface area contributed by atoms with Crippen molar-refractivity contribution in [1.82, 2.24) is 0 Å². The third-order valence-electron chi connectivity index (χ3n) is 4.62. The smallest absolute Gasteiger partial charge is 0.246 e. The Morgan fingerprint density at radius 1 is 0.852 bits per heavy atom. The maximum absolute atomic E-state index is 14.6. The summed E-state index contributed by atoms with van der Waals surface area (Å²) in [7, 11) is -3.10. The number of hydrogen-bond donors (Lipinski definition) is 0. The molecule has 138 valence electrons. The molecule has 0 fully saturated rings. The van der Waals surface area contributed by atoms with Gasteiger partial charge in [-0.05, 0) is 34.5 Å². The molecule has 0 aromatic heterocycles. The fraction of sp³-hybridized carbons (Fsp3) is 0.182. The Kier molecular flexibility index (Phi) is 4.44. The quantitative estimate of drug-likeness (QED) is 0.540. The van der Waals surface area contributed by atoms with Crippen LogP contribution in [0, 0.1) is 6.92 Å². The summed E-state index contributed by atoms with van der Waals surface area (Å²) in [6, 6.07) is 21.2. The second-order valence-electron chi connectivity index (χ2n) is 7.07. The highest BCUT2D eigenvalue weighted by atomic mass is 79.9. The van der Waals surface area contributed by atoms with Crippen LogP contribution in [-0.2, 0) is 4.57 Å². The fourth-order valence-electron chi connectivity index (χ4n) is 3.39. The average Bonchev–Trinajstić information content (AvgIpc) is 3.02. The summed E-state index contributed by atoms with van der Waals surface area (Å²) < 4.78 is 27.3. The lowest BCUT2D eigenvalue weighted by atomic mass is 10.2. The van der Waals surface area contributed by atoms with Crippen LogP contribution in [0.4, 0.5) is 0 Å². The second kappa shape index (κ2) is 6.54. The highest BCUT2D eigenvalue weighted by molar-refractivity contribution is 9.10. The number of fused-ring (bicyclic) bond motifs is 1. The number of aryl methyl sites for hydroxylation is 1. The maximum atomic E-state index is 14.6. The van der Waals surface area contributed by atoms with Gasteiger partial charge in [-0.2, -0.15) is 0 Å². The molecule has 0 N–H and O–H groups in total. The lowest BCUT2D eigenvalue weighted by molar-refractivity contribution is -0.0436. The Labute approximate surface area is 167 Å². The van der Waals surface area contributed by atoms with E-state index in [1.807, 2.05) is 87.5 Å². The monoisotopic (exact) mass is 442 g/mol. The topological polar surface area (TPSA) is 35.5 Å². The molecule has 0 radical (unpaired) electrons. The van der Waals surface area contributed by atoms with Gasteiger partial charge in [-0.1, -0.05) is 60.7 Å². The summed E-state index contributed by atoms with van der Waals surface area (Å²) in [6.07, 6.45) is 0. The molecule has 0 atom stereocenters. The van der Waals surface area contributed by atoms with Crippen molar-refractivity contribution < 1.29 is 14.0 Å². The lowest BCUT2D eigenvalue weighted by Crippen LogP contribution is -2.30. The highest BCUT2D eigenvalue weighted by Crippen LogP contribution is 2.52. The van der Waals surface area contributed by atoms with E-state index >= 15 is 0 Å². The molecule has 4 rings (SSSR count). The largest absolute Gasteiger partial charge is 0.449 e. The van der Waals surface area contributed by atoms with Crippen LogP contribution in [0.25, 0.3) is 0 Å². The van der Waals surface area contributed by atoms with Gasteiger partial charge in [-0.15, -0.1) is 0 Å². The zero-order valence-corrected chi connectivity index (χ0v) is 17.9. The molecular weight excluding hydrogens is 423 g/mol. The van der Waals surface area contributed by atoms with E-state index in [4.69, 9.17) is 9.47 Å². The van der Waals surface area contributed by atoms with Crippen LogP contribution in [0.1, 0.15) is 19.4 Å². The van der Waals surface area contributed by atoms with Crippen LogP contribution < -0.4 is 25.4 Å². The van der Waals surface area contributed by atoms with Crippen LogP contribution in [-0.4, -0.2) is 5.79 Å². The Morgan fingerprint density at radius 2 is 1.33 bits per heavy atom. The van der Waals surface area contributed by atoms with Gasteiger partial charge < -0.3 is 14.0 Å². The van der Waals surface area contributed by atoms with E-state index in [2.05, 4.69) is 15.9 Å². The molecule has 0 amide bonds. The van der Waals surface area contributed by atoms with Gasteiger partial charge in [0.2, 0.25) is 5.79 Å². The molecule has 27 heavy (non-hydrogen) atoms. The van der Waals surface area contributed by atoms with Crippen molar-refractivity contribution >= 4 is 39.0 Å². The van der Waals surface area contributed by atoms with Gasteiger partial charge in [-0.3, -0.25) is 0 Å². The van der Waals surface area contributed by atoms with Gasteiger partial charge in [0.15, 0.2) is 18.6 Å². The summed E-state index contributed by atoms with van der Waals surface area (Å²) in [4.78, 5) is 0. The SMILES string of the molecule is Cc1cc(P(=O)(c2ccccc2)c2ccccc2)c(Br)c2c1OC(C)(C)O2. The standard InChI is InChI=1S/C22H20BrO3P/c1-15-14-18(19(23)21-20(15)25-22(2,3)26-21)27(24,16-10-6-4-7-11-16)17-12-8-5-9-13-17/h4-14H,1-3H3. The second-order valence-corrected chi connectivity index (χ2v) is 10.6. The first-order chi connectivity index (χ1) is 12.8. The summed E-state index contributed by atoms with van der Waals surface area (Å²) >= 11 is 3.67. The van der Waals surface area contributed by atoms with E-state index in [0.29, 0.717) is 16.0 Å². The maximum Gasteiger partial charge on any atom is 0.246 e. The minimum Gasteiger partial charge on any atom is -0.449 e. The van der Waals surface area contributed by atoms with E-state index < -0.39 is 12.9 Å². The van der Waals surface area contributed by atoms with E-state index in [1.165, 1.54) is 0 Å². The molecule has 0 bridgehead atoms. The predicted octanol–water partition coefficient (Wildman–Crippen LogP) is 4.90. The first kappa shape index (κ1) is 18.3. The number of halogens is 1. The van der Waals surface area contributed by atoms with Gasteiger partial charge in [0.05, 0.1) is 4.47 Å². The molecule has 0 saturated heterocycles. The Balaban J connectivity index is 2.02. The van der Waals surface area contributed by atoms with Gasteiger partial charge in [-0.25, -0.2) is 0 Å². The normalized spacial score (nSPS) is 15.0. The average molecular weight is 443 g/mol. The third kappa shape index (κ3) is 3.01. The molecule has 3 nitrogen and oxygen atoms in total. The summed E-state index contributed by atoms with van der Waals surface area (Å²) in [5.41, 5.74) is 0.904. The fourth-order valence-corrected chi connectivity index (χ4v) is 7.31. The number of ether oxygens (including phenoxy) is 2. The van der Waals surface area contributed by atoms with Crippen molar-refractivity contribution in [2.24, 2.45) is 0 Å².